The van der Waals surface area contributed by atoms with Crippen LogP contribution in [0.2, 0.25) is 0 Å². The molecule has 0 aliphatic heterocycles. The lowest BCUT2D eigenvalue weighted by Crippen LogP contribution is -2.06. The van der Waals surface area contributed by atoms with E-state index >= 15 is 0 Å². The molecule has 3 aromatic rings. The molecular weight excluding hydrogens is 352 g/mol. The largest absolute Gasteiger partial charge is 0.508 e. The predicted octanol–water partition coefficient (Wildman–Crippen LogP) is 5.10. The second kappa shape index (κ2) is 6.99. The number of aromatic hydroxyl groups is 2. The lowest BCUT2D eigenvalue weighted by molar-refractivity contribution is 0.139. The Labute approximate surface area is 145 Å². The average Bonchev–Trinajstić information content (AvgIpc) is 2.62. The molecule has 0 unspecified atom stereocenters. The maximum absolute atomic E-state index is 13.5. The minimum absolute atomic E-state index is 0.102. The molecule has 1 aromatic heterocycles. The second-order valence-corrected chi connectivity index (χ2v) is 5.39. The fourth-order valence-electron chi connectivity index (χ4n) is 2.43. The molecule has 2 aromatic carbocycles. The van der Waals surface area contributed by atoms with E-state index in [0.29, 0.717) is 0 Å². The number of nitrogens with zero attached hydrogens (tertiary/aromatic N) is 2. The van der Waals surface area contributed by atoms with Crippen LogP contribution in [0.25, 0.3) is 22.5 Å². The van der Waals surface area contributed by atoms with Crippen molar-refractivity contribution in [1.29, 1.82) is 0 Å². The van der Waals surface area contributed by atoms with Gasteiger partial charge in [-0.3, -0.25) is 0 Å². The highest BCUT2D eigenvalue weighted by molar-refractivity contribution is 5.69. The zero-order chi connectivity index (χ0) is 18.8. The van der Waals surface area contributed by atoms with Gasteiger partial charge in [0.1, 0.15) is 22.9 Å². The van der Waals surface area contributed by atoms with Crippen LogP contribution >= 0.6 is 0 Å². The molecule has 8 heteroatoms. The number of rotatable bonds is 4. The van der Waals surface area contributed by atoms with Gasteiger partial charge in [-0.15, -0.1) is 0 Å². The maximum Gasteiger partial charge on any atom is 0.282 e. The van der Waals surface area contributed by atoms with E-state index in [1.165, 1.54) is 48.5 Å². The first-order chi connectivity index (χ1) is 12.4. The van der Waals surface area contributed by atoms with Gasteiger partial charge >= 0.3 is 0 Å². The van der Waals surface area contributed by atoms with E-state index < -0.39 is 24.2 Å². The van der Waals surface area contributed by atoms with Gasteiger partial charge in [-0.25, -0.2) is 27.5 Å². The average molecular weight is 364 g/mol. The summed E-state index contributed by atoms with van der Waals surface area (Å²) in [5, 5.41) is 18.6. The molecule has 0 aliphatic rings. The lowest BCUT2D eigenvalue weighted by atomic mass is 10.1. The van der Waals surface area contributed by atoms with E-state index in [1.807, 2.05) is 0 Å². The summed E-state index contributed by atoms with van der Waals surface area (Å²) < 4.78 is 54.0. The van der Waals surface area contributed by atoms with Crippen molar-refractivity contribution in [3.8, 4) is 34.0 Å². The number of benzene rings is 2. The summed E-state index contributed by atoms with van der Waals surface area (Å²) >= 11 is 0. The smallest absolute Gasteiger partial charge is 0.282 e. The molecular formula is C18H12F4N2O2. The van der Waals surface area contributed by atoms with Gasteiger partial charge in [0.15, 0.2) is 0 Å². The minimum Gasteiger partial charge on any atom is -0.508 e. The molecule has 0 bridgehead atoms. The Hall–Kier alpha value is -3.16. The first kappa shape index (κ1) is 17.7. The Bertz CT molecular complexity index is 836. The van der Waals surface area contributed by atoms with Gasteiger partial charge in [0.25, 0.3) is 12.9 Å². The van der Waals surface area contributed by atoms with Crippen molar-refractivity contribution >= 4 is 0 Å². The van der Waals surface area contributed by atoms with Crippen LogP contribution in [0, 0.1) is 0 Å². The van der Waals surface area contributed by atoms with Crippen molar-refractivity contribution in [2.75, 3.05) is 0 Å². The number of halogens is 4. The fraction of sp³-hybridized carbons (Fsp3) is 0.111. The van der Waals surface area contributed by atoms with Gasteiger partial charge in [-0.2, -0.15) is 0 Å². The maximum atomic E-state index is 13.5. The van der Waals surface area contributed by atoms with Crippen LogP contribution in [0.3, 0.4) is 0 Å². The number of alkyl halides is 4. The molecule has 134 valence electrons. The van der Waals surface area contributed by atoms with Crippen molar-refractivity contribution in [2.24, 2.45) is 0 Å². The van der Waals surface area contributed by atoms with Crippen LogP contribution in [0.1, 0.15) is 24.2 Å². The molecule has 3 rings (SSSR count). The van der Waals surface area contributed by atoms with Crippen molar-refractivity contribution in [3.05, 3.63) is 59.9 Å². The highest BCUT2D eigenvalue weighted by Crippen LogP contribution is 2.36. The molecule has 0 atom stereocenters. The van der Waals surface area contributed by atoms with Crippen LogP contribution in [0.15, 0.2) is 48.5 Å². The van der Waals surface area contributed by atoms with E-state index in [4.69, 9.17) is 0 Å². The van der Waals surface area contributed by atoms with Gasteiger partial charge in [0.05, 0.1) is 11.4 Å². The van der Waals surface area contributed by atoms with Crippen LogP contribution in [-0.2, 0) is 0 Å². The molecule has 0 radical (unpaired) electrons. The van der Waals surface area contributed by atoms with E-state index in [-0.39, 0.29) is 34.0 Å². The summed E-state index contributed by atoms with van der Waals surface area (Å²) in [6.07, 6.45) is -6.09. The van der Waals surface area contributed by atoms with Crippen LogP contribution in [-0.4, -0.2) is 20.2 Å². The Kier molecular flexibility index (Phi) is 4.75. The molecule has 1 heterocycles. The van der Waals surface area contributed by atoms with E-state index in [2.05, 4.69) is 9.97 Å². The zero-order valence-corrected chi connectivity index (χ0v) is 13.1. The molecule has 26 heavy (non-hydrogen) atoms. The standard InChI is InChI=1S/C18H12F4N2O2/c19-17(20)15-13(9-1-5-11(25)6-2-9)23-16(18(21)22)14(24-15)10-3-7-12(26)8-4-10/h1-8,17-18,25-26H. The molecule has 0 saturated heterocycles. The number of phenols is 2. The van der Waals surface area contributed by atoms with E-state index in [1.54, 1.807) is 0 Å². The first-order valence-corrected chi connectivity index (χ1v) is 7.43. The lowest BCUT2D eigenvalue weighted by Gasteiger charge is -2.14. The van der Waals surface area contributed by atoms with Gasteiger partial charge in [0.2, 0.25) is 0 Å². The van der Waals surface area contributed by atoms with Crippen molar-refractivity contribution in [2.45, 2.75) is 12.9 Å². The first-order valence-electron chi connectivity index (χ1n) is 7.43. The Morgan fingerprint density at radius 1 is 0.577 bits per heavy atom. The van der Waals surface area contributed by atoms with Crippen molar-refractivity contribution in [1.82, 2.24) is 9.97 Å². The van der Waals surface area contributed by atoms with Gasteiger partial charge in [-0.1, -0.05) is 0 Å². The predicted molar refractivity (Wildman–Crippen MR) is 86.1 cm³/mol. The SMILES string of the molecule is Oc1ccc(-c2nc(C(F)F)c(-c3ccc(O)cc3)nc2C(F)F)cc1. The minimum atomic E-state index is -3.05. The summed E-state index contributed by atoms with van der Waals surface area (Å²) in [7, 11) is 0. The van der Waals surface area contributed by atoms with Crippen molar-refractivity contribution < 1.29 is 27.8 Å². The highest BCUT2D eigenvalue weighted by Gasteiger charge is 2.26. The van der Waals surface area contributed by atoms with Crippen molar-refractivity contribution in [3.63, 3.8) is 0 Å². The van der Waals surface area contributed by atoms with E-state index in [0.717, 1.165) is 0 Å². The summed E-state index contributed by atoms with van der Waals surface area (Å²) in [4.78, 5) is 7.51. The van der Waals surface area contributed by atoms with Crippen LogP contribution in [0.4, 0.5) is 17.6 Å². The summed E-state index contributed by atoms with van der Waals surface area (Å²) in [6, 6.07) is 10.1. The number of aromatic nitrogens is 2. The third-order valence-electron chi connectivity index (χ3n) is 3.64. The van der Waals surface area contributed by atoms with Crippen LogP contribution in [0.5, 0.6) is 11.5 Å². The highest BCUT2D eigenvalue weighted by atomic mass is 19.3. The van der Waals surface area contributed by atoms with Crippen LogP contribution < -0.4 is 0 Å². The molecule has 0 fully saturated rings. The molecule has 0 spiro atoms. The second-order valence-electron chi connectivity index (χ2n) is 5.39. The van der Waals surface area contributed by atoms with E-state index in [9.17, 15) is 27.8 Å². The number of hydrogen-bond acceptors (Lipinski definition) is 4. The quantitative estimate of drug-likeness (QED) is 0.633. The molecule has 4 nitrogen and oxygen atoms in total. The topological polar surface area (TPSA) is 66.2 Å². The zero-order valence-electron chi connectivity index (χ0n) is 13.1. The fourth-order valence-corrected chi connectivity index (χ4v) is 2.43. The summed E-state index contributed by atoms with van der Waals surface area (Å²) in [6.45, 7) is 0. The molecule has 0 aliphatic carbocycles. The normalized spacial score (nSPS) is 11.3. The Balaban J connectivity index is 2.25. The van der Waals surface area contributed by atoms with Gasteiger partial charge in [-0.05, 0) is 48.5 Å². The molecule has 0 amide bonds. The van der Waals surface area contributed by atoms with Gasteiger partial charge < -0.3 is 10.2 Å². The third-order valence-corrected chi connectivity index (χ3v) is 3.64. The summed E-state index contributed by atoms with van der Waals surface area (Å²) in [5.74, 6) is -0.204. The monoisotopic (exact) mass is 364 g/mol. The molecule has 2 N–H and O–H groups in total. The Morgan fingerprint density at radius 2 is 0.885 bits per heavy atom. The number of phenolic OH excluding ortho intramolecular Hbond substituents is 2. The van der Waals surface area contributed by atoms with Gasteiger partial charge in [0, 0.05) is 11.1 Å². The Morgan fingerprint density at radius 3 is 1.15 bits per heavy atom. The number of hydrogen-bond donors (Lipinski definition) is 2. The summed E-state index contributed by atoms with van der Waals surface area (Å²) in [5.41, 5.74) is -1.99. The molecule has 0 saturated carbocycles. The third kappa shape index (κ3) is 3.44.